The zero-order valence-electron chi connectivity index (χ0n) is 23.8. The van der Waals surface area contributed by atoms with Gasteiger partial charge in [-0.2, -0.15) is 5.06 Å². The summed E-state index contributed by atoms with van der Waals surface area (Å²) in [6.07, 6.45) is 10.4. The molecule has 1 aromatic rings. The maximum Gasteiger partial charge on any atom is 0.512 e. The summed E-state index contributed by atoms with van der Waals surface area (Å²) in [5.74, 6) is -0.381. The molecule has 2 aliphatic rings. The van der Waals surface area contributed by atoms with Crippen molar-refractivity contribution in [3.8, 4) is 0 Å². The molecule has 8 heteroatoms. The Morgan fingerprint density at radius 1 is 0.865 bits per heavy atom. The van der Waals surface area contributed by atoms with E-state index < -0.39 is 14.9 Å². The van der Waals surface area contributed by atoms with Crippen LogP contribution in [0.15, 0.2) is 30.3 Å². The van der Waals surface area contributed by atoms with Crippen molar-refractivity contribution in [2.75, 3.05) is 26.4 Å². The van der Waals surface area contributed by atoms with Crippen molar-refractivity contribution in [1.82, 2.24) is 5.06 Å². The average Bonchev–Trinajstić information content (AvgIpc) is 3.10. The van der Waals surface area contributed by atoms with E-state index in [0.717, 1.165) is 31.2 Å². The monoisotopic (exact) mass is 535 g/mol. The molecule has 0 bridgehead atoms. The first kappa shape index (κ1) is 30.3. The lowest BCUT2D eigenvalue weighted by Gasteiger charge is -2.55. The maximum atomic E-state index is 13.1. The van der Waals surface area contributed by atoms with Crippen molar-refractivity contribution in [3.05, 3.63) is 35.9 Å². The zero-order chi connectivity index (χ0) is 26.8. The van der Waals surface area contributed by atoms with Crippen LogP contribution in [0.1, 0.15) is 104 Å². The number of carbonyl (C=O) groups excluding carboxylic acids is 1. The molecular formula is C29H49NO6Si. The SMILES string of the molecule is CCO[Si](CC(=O)OCC(ON1C(C)(C)CCCC12CCCCCC2)c1ccccc1)(OCC)OCC. The highest BCUT2D eigenvalue weighted by atomic mass is 28.4. The zero-order valence-corrected chi connectivity index (χ0v) is 24.8. The van der Waals surface area contributed by atoms with Crippen LogP contribution >= 0.6 is 0 Å². The van der Waals surface area contributed by atoms with E-state index in [0.29, 0.717) is 19.8 Å². The molecule has 3 rings (SSSR count). The molecule has 0 amide bonds. The maximum absolute atomic E-state index is 13.1. The van der Waals surface area contributed by atoms with Crippen LogP contribution in [0.2, 0.25) is 6.04 Å². The highest BCUT2D eigenvalue weighted by molar-refractivity contribution is 6.64. The fraction of sp³-hybridized carbons (Fsp3) is 0.759. The fourth-order valence-corrected chi connectivity index (χ4v) is 8.44. The van der Waals surface area contributed by atoms with E-state index >= 15 is 0 Å². The fourth-order valence-electron chi connectivity index (χ4n) is 6.11. The molecule has 0 N–H and O–H groups in total. The second-order valence-electron chi connectivity index (χ2n) is 10.9. The Hall–Kier alpha value is -1.29. The predicted octanol–water partition coefficient (Wildman–Crippen LogP) is 6.61. The molecule has 7 nitrogen and oxygen atoms in total. The third-order valence-corrected chi connectivity index (χ3v) is 10.6. The number of carbonyl (C=O) groups is 1. The molecule has 1 saturated carbocycles. The highest BCUT2D eigenvalue weighted by Crippen LogP contribution is 2.47. The summed E-state index contributed by atoms with van der Waals surface area (Å²) in [5, 5.41) is 2.32. The Balaban J connectivity index is 1.80. The smallest absolute Gasteiger partial charge is 0.462 e. The minimum Gasteiger partial charge on any atom is -0.462 e. The first-order chi connectivity index (χ1) is 17.8. The lowest BCUT2D eigenvalue weighted by molar-refractivity contribution is -0.321. The van der Waals surface area contributed by atoms with E-state index in [1.165, 1.54) is 32.1 Å². The number of benzene rings is 1. The summed E-state index contributed by atoms with van der Waals surface area (Å²) in [6.45, 7) is 11.6. The van der Waals surface area contributed by atoms with Gasteiger partial charge in [0.2, 0.25) is 0 Å². The lowest BCUT2D eigenvalue weighted by atomic mass is 9.75. The number of piperidine rings is 1. The molecule has 1 aliphatic carbocycles. The number of esters is 1. The van der Waals surface area contributed by atoms with Gasteiger partial charge in [-0.15, -0.1) is 0 Å². The Kier molecular flexibility index (Phi) is 11.6. The van der Waals surface area contributed by atoms with Crippen LogP contribution in [0.3, 0.4) is 0 Å². The standard InChI is InChI=1S/C29H49NO6Si/c1-6-33-37(34-7-2,35-8-3)24-27(31)32-23-26(25-17-12-11-13-18-25)36-30-28(4,5)19-16-22-29(30)20-14-9-10-15-21-29/h11-13,17-18,26H,6-10,14-16,19-24H2,1-5H3. The first-order valence-electron chi connectivity index (χ1n) is 14.4. The molecule has 1 aliphatic heterocycles. The quantitative estimate of drug-likeness (QED) is 0.208. The number of hydrogen-bond donors (Lipinski definition) is 0. The molecule has 37 heavy (non-hydrogen) atoms. The normalized spacial score (nSPS) is 20.9. The van der Waals surface area contributed by atoms with Crippen LogP contribution in [-0.4, -0.2) is 57.3 Å². The number of hydroxylamine groups is 2. The molecule has 2 fully saturated rings. The Labute approximate surface area is 225 Å². The molecule has 0 aromatic heterocycles. The van der Waals surface area contributed by atoms with Gasteiger partial charge >= 0.3 is 14.8 Å². The van der Waals surface area contributed by atoms with Gasteiger partial charge in [-0.25, -0.2) is 0 Å². The van der Waals surface area contributed by atoms with E-state index in [1.54, 1.807) is 0 Å². The topological polar surface area (TPSA) is 66.5 Å². The van der Waals surface area contributed by atoms with Crippen LogP contribution < -0.4 is 0 Å². The Morgan fingerprint density at radius 2 is 1.43 bits per heavy atom. The van der Waals surface area contributed by atoms with Crippen molar-refractivity contribution in [2.45, 2.75) is 116 Å². The van der Waals surface area contributed by atoms with Crippen LogP contribution in [0, 0.1) is 0 Å². The molecule has 1 heterocycles. The van der Waals surface area contributed by atoms with Gasteiger partial charge in [-0.3, -0.25) is 9.63 Å². The third-order valence-electron chi connectivity index (χ3n) is 7.70. The molecule has 1 spiro atoms. The summed E-state index contributed by atoms with van der Waals surface area (Å²) in [6, 6.07) is 10.1. The Bertz CT molecular complexity index is 795. The van der Waals surface area contributed by atoms with E-state index in [1.807, 2.05) is 39.0 Å². The second-order valence-corrected chi connectivity index (χ2v) is 13.5. The van der Waals surface area contributed by atoms with Gasteiger partial charge in [0, 0.05) is 30.9 Å². The molecule has 1 aromatic carbocycles. The van der Waals surface area contributed by atoms with Gasteiger partial charge in [-0.1, -0.05) is 56.0 Å². The van der Waals surface area contributed by atoms with E-state index in [-0.39, 0.29) is 29.7 Å². The second kappa shape index (κ2) is 14.2. The molecule has 1 atom stereocenters. The summed E-state index contributed by atoms with van der Waals surface area (Å²) in [7, 11) is -3.14. The van der Waals surface area contributed by atoms with Crippen molar-refractivity contribution in [3.63, 3.8) is 0 Å². The van der Waals surface area contributed by atoms with Gasteiger partial charge in [0.25, 0.3) is 0 Å². The van der Waals surface area contributed by atoms with Gasteiger partial charge in [0.05, 0.1) is 0 Å². The van der Waals surface area contributed by atoms with Crippen LogP contribution in [0.4, 0.5) is 0 Å². The van der Waals surface area contributed by atoms with Crippen molar-refractivity contribution < 1.29 is 27.6 Å². The van der Waals surface area contributed by atoms with Crippen molar-refractivity contribution >= 4 is 14.8 Å². The summed E-state index contributed by atoms with van der Waals surface area (Å²) in [5.41, 5.74) is 0.944. The van der Waals surface area contributed by atoms with Crippen LogP contribution in [0.5, 0.6) is 0 Å². The minimum atomic E-state index is -3.14. The van der Waals surface area contributed by atoms with Gasteiger partial charge in [0.15, 0.2) is 0 Å². The predicted molar refractivity (Wildman–Crippen MR) is 147 cm³/mol. The van der Waals surface area contributed by atoms with E-state index in [4.69, 9.17) is 22.9 Å². The van der Waals surface area contributed by atoms with Crippen LogP contribution in [-0.2, 0) is 27.6 Å². The molecule has 1 unspecified atom stereocenters. The summed E-state index contributed by atoms with van der Waals surface area (Å²) in [4.78, 5) is 20.0. The summed E-state index contributed by atoms with van der Waals surface area (Å²) < 4.78 is 23.5. The van der Waals surface area contributed by atoms with E-state index in [9.17, 15) is 4.79 Å². The minimum absolute atomic E-state index is 0.0107. The Morgan fingerprint density at radius 3 is 2.00 bits per heavy atom. The first-order valence-corrected chi connectivity index (χ1v) is 16.3. The lowest BCUT2D eigenvalue weighted by Crippen LogP contribution is -2.61. The van der Waals surface area contributed by atoms with Crippen molar-refractivity contribution in [2.24, 2.45) is 0 Å². The molecular weight excluding hydrogens is 486 g/mol. The third kappa shape index (κ3) is 8.10. The number of hydrogen-bond acceptors (Lipinski definition) is 7. The van der Waals surface area contributed by atoms with E-state index in [2.05, 4.69) is 31.0 Å². The number of ether oxygens (including phenoxy) is 1. The number of nitrogens with zero attached hydrogens (tertiary/aromatic N) is 1. The average molecular weight is 536 g/mol. The van der Waals surface area contributed by atoms with Crippen molar-refractivity contribution in [1.29, 1.82) is 0 Å². The molecule has 0 radical (unpaired) electrons. The largest absolute Gasteiger partial charge is 0.512 e. The molecule has 210 valence electrons. The highest BCUT2D eigenvalue weighted by Gasteiger charge is 2.49. The van der Waals surface area contributed by atoms with Gasteiger partial charge < -0.3 is 18.0 Å². The van der Waals surface area contributed by atoms with Crippen LogP contribution in [0.25, 0.3) is 0 Å². The van der Waals surface area contributed by atoms with Gasteiger partial charge in [-0.05, 0) is 72.3 Å². The molecule has 1 saturated heterocycles. The van der Waals surface area contributed by atoms with Gasteiger partial charge in [0.1, 0.15) is 18.8 Å². The number of rotatable bonds is 13. The summed E-state index contributed by atoms with van der Waals surface area (Å²) >= 11 is 0.